The number of aromatic nitrogens is 6. The first kappa shape index (κ1) is 89.1. The average Bonchev–Trinajstić information content (AvgIpc) is 1.62. The van der Waals surface area contributed by atoms with E-state index in [1.165, 1.54) is 10.6 Å². The van der Waals surface area contributed by atoms with Crippen molar-refractivity contribution in [2.24, 2.45) is 5.73 Å². The fraction of sp³-hybridized carbons (Fsp3) is 0.477. The number of nitrogens with two attached hydrogens (primary N) is 1. The van der Waals surface area contributed by atoms with Crippen LogP contribution >= 0.6 is 19.8 Å². The van der Waals surface area contributed by atoms with Crippen molar-refractivity contribution in [3.63, 3.8) is 0 Å². The molecule has 3 atom stereocenters. The number of amides is 4. The van der Waals surface area contributed by atoms with Gasteiger partial charge in [0.25, 0.3) is 0 Å². The number of carbonyl (C=O) groups excluding carboxylic acids is 6. The normalized spacial score (nSPS) is 14.1. The van der Waals surface area contributed by atoms with Crippen molar-refractivity contribution in [2.75, 3.05) is 33.9 Å². The zero-order valence-corrected chi connectivity index (χ0v) is 60.6. The molecule has 0 saturated carbocycles. The first-order valence-corrected chi connectivity index (χ1v) is 33.4. The van der Waals surface area contributed by atoms with Crippen molar-refractivity contribution in [3.05, 3.63) is 158 Å². The van der Waals surface area contributed by atoms with Crippen molar-refractivity contribution in [2.45, 2.75) is 168 Å². The van der Waals surface area contributed by atoms with Gasteiger partial charge in [0.15, 0.2) is 46.3 Å². The van der Waals surface area contributed by atoms with E-state index in [2.05, 4.69) is 51.9 Å². The summed E-state index contributed by atoms with van der Waals surface area (Å²) in [6, 6.07) is -0.236. The van der Waals surface area contributed by atoms with Crippen LogP contribution in [0.25, 0.3) is 0 Å². The van der Waals surface area contributed by atoms with Gasteiger partial charge in [-0.05, 0) is 103 Å². The number of nitrogens with one attached hydrogen (secondary N) is 3. The Labute approximate surface area is 615 Å². The fourth-order valence-corrected chi connectivity index (χ4v) is 10.7. The number of hydrogen-bond donors (Lipinski definition) is 5. The van der Waals surface area contributed by atoms with Crippen molar-refractivity contribution >= 4 is 68.1 Å². The molecule has 3 aromatic carbocycles. The molecule has 0 unspecified atom stereocenters. The Bertz CT molecular complexity index is 4240. The van der Waals surface area contributed by atoms with Crippen LogP contribution in [-0.2, 0) is 109 Å². The first-order valence-electron chi connectivity index (χ1n) is 32.1. The number of methoxy groups -OCH3 is 2. The van der Waals surface area contributed by atoms with Crippen molar-refractivity contribution in [1.82, 2.24) is 54.4 Å². The number of alkyl carbamates (subject to hydrolysis) is 2. The third kappa shape index (κ3) is 26.1. The lowest BCUT2D eigenvalue weighted by Crippen LogP contribution is -2.45. The summed E-state index contributed by atoms with van der Waals surface area (Å²) in [7, 11) is 1.85. The number of carbonyl (C=O) groups is 7. The van der Waals surface area contributed by atoms with E-state index >= 15 is 0 Å². The van der Waals surface area contributed by atoms with Gasteiger partial charge in [0.05, 0.1) is 50.8 Å². The summed E-state index contributed by atoms with van der Waals surface area (Å²) in [6.45, 7) is 13.0. The number of aryl methyl sites for hydroxylation is 1. The highest BCUT2D eigenvalue weighted by Crippen LogP contribution is 2.35. The van der Waals surface area contributed by atoms with Gasteiger partial charge in [-0.15, -0.1) is 0 Å². The van der Waals surface area contributed by atoms with Crippen LogP contribution in [-0.4, -0.2) is 155 Å². The minimum absolute atomic E-state index is 0. The molecule has 591 valence electrons. The van der Waals surface area contributed by atoms with E-state index < -0.39 is 185 Å². The number of hydrogen-bond acceptors (Lipinski definition) is 17. The first-order chi connectivity index (χ1) is 50.2. The maximum Gasteiger partial charge on any atom is 1.00 e. The zero-order valence-electron chi connectivity index (χ0n) is 60.0. The van der Waals surface area contributed by atoms with Gasteiger partial charge in [0.1, 0.15) is 42.8 Å². The fourth-order valence-electron chi connectivity index (χ4n) is 10.7. The number of aliphatic carboxylic acids is 1. The highest BCUT2D eigenvalue weighted by molar-refractivity contribution is 7.70. The third-order valence-electron chi connectivity index (χ3n) is 15.4. The van der Waals surface area contributed by atoms with E-state index in [-0.39, 0.29) is 89.8 Å². The molecule has 43 heteroatoms. The van der Waals surface area contributed by atoms with E-state index in [4.69, 9.17) is 36.3 Å². The van der Waals surface area contributed by atoms with Gasteiger partial charge < -0.3 is 69.2 Å². The Morgan fingerprint density at radius 2 is 0.963 bits per heavy atom. The molecular formula is C65H74BClF15N12O13P+. The van der Waals surface area contributed by atoms with Crippen LogP contribution in [0.1, 0.15) is 134 Å². The Morgan fingerprint density at radius 3 is 1.31 bits per heavy atom. The Hall–Kier alpha value is -9.50. The lowest BCUT2D eigenvalue weighted by atomic mass is 10.0. The molecule has 3 aliphatic rings. The maximum absolute atomic E-state index is 14.3. The topological polar surface area (TPSA) is 316 Å². The molecule has 1 radical (unpaired) electrons. The number of imidazole rings is 3. The van der Waals surface area contributed by atoms with Crippen molar-refractivity contribution in [1.29, 1.82) is 0 Å². The van der Waals surface area contributed by atoms with E-state index in [0.29, 0.717) is 36.4 Å². The summed E-state index contributed by atoms with van der Waals surface area (Å²) >= 11 is 4.74. The number of benzene rings is 3. The Balaban J connectivity index is 0.000000321. The molecule has 0 spiro atoms. The predicted molar refractivity (Wildman–Crippen MR) is 353 cm³/mol. The van der Waals surface area contributed by atoms with Crippen LogP contribution in [0.5, 0.6) is 0 Å². The van der Waals surface area contributed by atoms with Gasteiger partial charge in [-0.3, -0.25) is 18.9 Å². The summed E-state index contributed by atoms with van der Waals surface area (Å²) in [5.74, 6) is -17.3. The number of rotatable bonds is 17. The number of alkyl halides is 6. The predicted octanol–water partition coefficient (Wildman–Crippen LogP) is 10.9. The zero-order chi connectivity index (χ0) is 81.2. The SMILES string of the molecule is CC(C)(C)OC(=O)N[C@@H](CC(=O)O)Cc1cc(F)c(F)cc1F.COC(=O)c1nc(C(F)(F)F)n2c1CN(C(=O)C[C@@H](Cc1cc(F)c(F)cc1F)NC(=O)OC(C)(C)C)CC2.COC(=O)c1nc(C(F)(F)F)n2c1CN(C(=O)C[C@H](N)Cc1cc(F)c(F)cc1F)CC2.Cc1ncc2n1CCNC2.O=P[B]Cl.[H+]. The van der Waals surface area contributed by atoms with E-state index in [1.54, 1.807) is 41.5 Å². The average molecular weight is 1590 g/mol. The summed E-state index contributed by atoms with van der Waals surface area (Å²) < 4.78 is 234. The van der Waals surface area contributed by atoms with Crippen LogP contribution in [0.4, 0.5) is 75.4 Å². The standard InChI is InChI=1S/C24H26F6N4O5.C19H18F6N4O3.C15H18F3NO4.C7H11N3.BClOP/c1-23(2,3)39-22(37)31-13(7-12-8-15(26)16(27)10-14(12)25)9-18(35)33-5-6-34-17(11-33)19(20(36)38-4)32-21(34)24(28,29)30;1-32-17(31)16-14-8-28(2-3-29(14)18(27-16)19(23,24)25)15(30)6-10(26)4-9-5-12(21)13(22)7-11(9)20;1-15(2,3)23-14(22)19-9(6-13(20)21)4-8-5-11(17)12(18)7-10(8)16;1-6-9-5-7-4-8-2-3-10(6)7;2-1-4-3/h8,10,13H,5-7,9,11H2,1-4H3,(H,31,37);5,7,10H,2-4,6,8,26H2,1H3;5,7,9H,4,6H2,1-3H3,(H,19,22)(H,20,21);5,8H,2-4H2,1H3;/p+1/t13-;10-;9-;;/m111../s1. The van der Waals surface area contributed by atoms with Gasteiger partial charge in [-0.2, -0.15) is 37.8 Å². The Kier molecular flexibility index (Phi) is 31.8. The second kappa shape index (κ2) is 38.5. The van der Waals surface area contributed by atoms with E-state index in [0.717, 1.165) is 60.1 Å². The molecule has 4 amide bonds. The van der Waals surface area contributed by atoms with Crippen LogP contribution in [0.2, 0.25) is 0 Å². The monoisotopic (exact) mass is 1590 g/mol. The highest BCUT2D eigenvalue weighted by atomic mass is 35.5. The largest absolute Gasteiger partial charge is 1.00 e. The number of ether oxygens (including phenoxy) is 4. The number of halogens is 16. The molecule has 9 rings (SSSR count). The molecule has 0 fully saturated rings. The van der Waals surface area contributed by atoms with Crippen molar-refractivity contribution in [3.8, 4) is 0 Å². The quantitative estimate of drug-likeness (QED) is 0.0141. The molecule has 6 aromatic rings. The molecule has 6 heterocycles. The number of fused-ring (bicyclic) bond motifs is 3. The summed E-state index contributed by atoms with van der Waals surface area (Å²) in [5.41, 5.74) is 3.15. The minimum atomic E-state index is -4.87. The third-order valence-corrected chi connectivity index (χ3v) is 15.7. The van der Waals surface area contributed by atoms with Gasteiger partial charge in [0.2, 0.25) is 23.5 Å². The van der Waals surface area contributed by atoms with Gasteiger partial charge in [0, 0.05) is 101 Å². The number of carboxylic acid groups (broad SMARTS) is 1. The van der Waals surface area contributed by atoms with E-state index in [9.17, 15) is 99.4 Å². The van der Waals surface area contributed by atoms with Gasteiger partial charge in [-0.25, -0.2) is 73.6 Å². The molecule has 0 bridgehead atoms. The lowest BCUT2D eigenvalue weighted by Gasteiger charge is -2.31. The van der Waals surface area contributed by atoms with Crippen LogP contribution in [0.15, 0.2) is 42.6 Å². The van der Waals surface area contributed by atoms with Crippen LogP contribution in [0, 0.1) is 59.3 Å². The lowest BCUT2D eigenvalue weighted by molar-refractivity contribution is -0.149. The summed E-state index contributed by atoms with van der Waals surface area (Å²) in [6.07, 6.45) is -11.0. The number of esters is 2. The molecule has 108 heavy (non-hydrogen) atoms. The molecule has 3 aromatic heterocycles. The molecule has 0 saturated heterocycles. The molecule has 25 nitrogen and oxygen atoms in total. The highest BCUT2D eigenvalue weighted by Gasteiger charge is 2.44. The van der Waals surface area contributed by atoms with Crippen LogP contribution in [0.3, 0.4) is 0 Å². The maximum atomic E-state index is 14.3. The smallest absolute Gasteiger partial charge is 0.481 e. The minimum Gasteiger partial charge on any atom is -0.481 e. The number of carboxylic acids is 1. The van der Waals surface area contributed by atoms with Crippen molar-refractivity contribution < 1.29 is 129 Å². The van der Waals surface area contributed by atoms with Gasteiger partial charge in [-0.1, -0.05) is 0 Å². The molecule has 0 aliphatic carbocycles. The summed E-state index contributed by atoms with van der Waals surface area (Å²) in [4.78, 5) is 98.0. The molecule has 3 aliphatic heterocycles. The summed E-state index contributed by atoms with van der Waals surface area (Å²) in [5, 5.41) is 16.8. The van der Waals surface area contributed by atoms with E-state index in [1.807, 2.05) is 6.20 Å². The second-order valence-electron chi connectivity index (χ2n) is 25.8. The number of nitrogens with zero attached hydrogens (tertiary/aromatic N) is 8. The Morgan fingerprint density at radius 1 is 0.593 bits per heavy atom. The molecular weight excluding hydrogens is 1520 g/mol. The van der Waals surface area contributed by atoms with Crippen LogP contribution < -0.4 is 21.7 Å². The molecule has 6 N–H and O–H groups in total. The van der Waals surface area contributed by atoms with Gasteiger partial charge >= 0.3 is 50.3 Å². The second-order valence-corrected chi connectivity index (χ2v) is 26.8.